The zero-order chi connectivity index (χ0) is 26.2. The number of nitrogens with zero attached hydrogens (tertiary/aromatic N) is 3. The van der Waals surface area contributed by atoms with Gasteiger partial charge in [-0.3, -0.25) is 9.48 Å². The Hall–Kier alpha value is -2.81. The topological polar surface area (TPSA) is 71.8 Å². The number of rotatable bonds is 6. The van der Waals surface area contributed by atoms with E-state index in [0.29, 0.717) is 34.6 Å². The van der Waals surface area contributed by atoms with Gasteiger partial charge in [0.2, 0.25) is 0 Å². The van der Waals surface area contributed by atoms with Gasteiger partial charge in [0.05, 0.1) is 11.6 Å². The summed E-state index contributed by atoms with van der Waals surface area (Å²) < 4.78 is 42.8. The summed E-state index contributed by atoms with van der Waals surface area (Å²) in [5.74, 6) is -0.151. The predicted molar refractivity (Wildman–Crippen MR) is 138 cm³/mol. The number of anilines is 1. The van der Waals surface area contributed by atoms with E-state index in [9.17, 15) is 18.0 Å². The minimum Gasteiger partial charge on any atom is -0.379 e. The molecule has 37 heavy (non-hydrogen) atoms. The molecule has 0 aliphatic heterocycles. The number of fused-ring (bicyclic) bond motifs is 1. The van der Waals surface area contributed by atoms with Crippen LogP contribution in [0.25, 0.3) is 10.9 Å². The molecule has 2 aromatic heterocycles. The lowest BCUT2D eigenvalue weighted by Gasteiger charge is -2.42. The van der Waals surface area contributed by atoms with Crippen LogP contribution < -0.4 is 10.6 Å². The first-order valence-electron chi connectivity index (χ1n) is 13.0. The summed E-state index contributed by atoms with van der Waals surface area (Å²) in [6.45, 7) is 2.02. The highest BCUT2D eigenvalue weighted by atomic mass is 35.5. The van der Waals surface area contributed by atoms with Gasteiger partial charge in [-0.25, -0.2) is 4.98 Å². The number of carbonyl (C=O) groups is 1. The lowest BCUT2D eigenvalue weighted by atomic mass is 9.77. The van der Waals surface area contributed by atoms with Gasteiger partial charge >= 0.3 is 6.18 Å². The largest absolute Gasteiger partial charge is 0.433 e. The van der Waals surface area contributed by atoms with E-state index in [1.165, 1.54) is 6.07 Å². The van der Waals surface area contributed by atoms with E-state index in [1.54, 1.807) is 24.4 Å². The Labute approximate surface area is 219 Å². The molecule has 2 atom stereocenters. The molecule has 2 unspecified atom stereocenters. The minimum absolute atomic E-state index is 0.112. The molecule has 5 rings (SSSR count). The molecule has 1 amide bonds. The Balaban J connectivity index is 1.39. The van der Waals surface area contributed by atoms with Crippen LogP contribution in [-0.2, 0) is 6.18 Å². The molecule has 2 N–H and O–H groups in total. The van der Waals surface area contributed by atoms with Crippen LogP contribution in [0.4, 0.5) is 18.9 Å². The molecule has 2 heterocycles. The van der Waals surface area contributed by atoms with Crippen molar-refractivity contribution in [3.63, 3.8) is 0 Å². The molecule has 2 saturated carbocycles. The number of halogens is 4. The first-order valence-corrected chi connectivity index (χ1v) is 13.4. The maximum atomic E-state index is 13.6. The van der Waals surface area contributed by atoms with E-state index in [4.69, 9.17) is 11.6 Å². The third-order valence-electron chi connectivity index (χ3n) is 7.89. The summed E-state index contributed by atoms with van der Waals surface area (Å²) in [6, 6.07) is 7.66. The maximum absolute atomic E-state index is 13.6. The van der Waals surface area contributed by atoms with E-state index in [2.05, 4.69) is 20.7 Å². The first kappa shape index (κ1) is 25.8. The number of hydrogen-bond acceptors (Lipinski definition) is 4. The van der Waals surface area contributed by atoms with E-state index in [1.807, 2.05) is 11.6 Å². The van der Waals surface area contributed by atoms with Crippen LogP contribution in [0.1, 0.15) is 86.9 Å². The van der Waals surface area contributed by atoms with Gasteiger partial charge < -0.3 is 10.6 Å². The Morgan fingerprint density at radius 1 is 1.16 bits per heavy atom. The van der Waals surface area contributed by atoms with Crippen molar-refractivity contribution < 1.29 is 18.0 Å². The second-order valence-corrected chi connectivity index (χ2v) is 10.8. The molecular formula is C27H31ClF3N5O. The van der Waals surface area contributed by atoms with E-state index in [-0.39, 0.29) is 23.5 Å². The molecule has 6 nitrogen and oxygen atoms in total. The molecule has 198 valence electrons. The number of alkyl halides is 3. The van der Waals surface area contributed by atoms with Gasteiger partial charge in [0.25, 0.3) is 5.91 Å². The van der Waals surface area contributed by atoms with Crippen molar-refractivity contribution >= 4 is 34.1 Å². The lowest BCUT2D eigenvalue weighted by molar-refractivity contribution is -0.140. The number of aromatic nitrogens is 3. The fourth-order valence-corrected chi connectivity index (χ4v) is 6.11. The number of nitrogens with one attached hydrogen (secondary N) is 2. The van der Waals surface area contributed by atoms with Crippen molar-refractivity contribution in [2.24, 2.45) is 0 Å². The molecule has 0 bridgehead atoms. The van der Waals surface area contributed by atoms with Crippen molar-refractivity contribution in [3.8, 4) is 0 Å². The smallest absolute Gasteiger partial charge is 0.379 e. The van der Waals surface area contributed by atoms with Crippen LogP contribution in [0.5, 0.6) is 0 Å². The fraction of sp³-hybridized carbons (Fsp3) is 0.519. The van der Waals surface area contributed by atoms with Crippen molar-refractivity contribution in [2.75, 3.05) is 5.32 Å². The van der Waals surface area contributed by atoms with Crippen molar-refractivity contribution in [1.82, 2.24) is 20.1 Å². The predicted octanol–water partition coefficient (Wildman–Crippen LogP) is 7.15. The molecule has 1 aromatic carbocycles. The van der Waals surface area contributed by atoms with Gasteiger partial charge in [-0.1, -0.05) is 31.4 Å². The summed E-state index contributed by atoms with van der Waals surface area (Å²) >= 11 is 6.19. The Morgan fingerprint density at radius 3 is 2.68 bits per heavy atom. The normalized spacial score (nSPS) is 22.9. The third-order valence-corrected chi connectivity index (χ3v) is 8.13. The van der Waals surface area contributed by atoms with Gasteiger partial charge in [0, 0.05) is 33.9 Å². The highest BCUT2D eigenvalue weighted by Gasteiger charge is 2.38. The highest BCUT2D eigenvalue weighted by molar-refractivity contribution is 6.31. The van der Waals surface area contributed by atoms with Crippen LogP contribution >= 0.6 is 11.6 Å². The average Bonchev–Trinajstić information content (AvgIpc) is 3.56. The van der Waals surface area contributed by atoms with Crippen LogP contribution in [0.2, 0.25) is 5.02 Å². The number of carbonyl (C=O) groups excluding carboxylic acids is 1. The number of hydrogen-bond donors (Lipinski definition) is 2. The van der Waals surface area contributed by atoms with Gasteiger partial charge in [-0.2, -0.15) is 18.3 Å². The monoisotopic (exact) mass is 533 g/mol. The Morgan fingerprint density at radius 2 is 1.95 bits per heavy atom. The number of amides is 1. The minimum atomic E-state index is -4.57. The Bertz CT molecular complexity index is 1290. The summed E-state index contributed by atoms with van der Waals surface area (Å²) in [4.78, 5) is 17.1. The molecule has 0 saturated heterocycles. The molecule has 10 heteroatoms. The molecule has 3 aromatic rings. The van der Waals surface area contributed by atoms with Gasteiger partial charge in [0.15, 0.2) is 0 Å². The van der Waals surface area contributed by atoms with E-state index in [0.717, 1.165) is 51.0 Å². The van der Waals surface area contributed by atoms with Crippen molar-refractivity contribution in [2.45, 2.75) is 88.5 Å². The average molecular weight is 534 g/mol. The fourth-order valence-electron chi connectivity index (χ4n) is 5.93. The van der Waals surface area contributed by atoms with Gasteiger partial charge in [0.1, 0.15) is 11.4 Å². The third kappa shape index (κ3) is 5.42. The van der Waals surface area contributed by atoms with Gasteiger partial charge in [-0.05, 0) is 75.3 Å². The van der Waals surface area contributed by atoms with Crippen molar-refractivity contribution in [1.29, 1.82) is 0 Å². The zero-order valence-electron chi connectivity index (χ0n) is 20.7. The molecule has 2 aliphatic rings. The maximum Gasteiger partial charge on any atom is 0.433 e. The number of benzene rings is 1. The SMILES string of the molecule is CCC1(Nc2cc(C(F)(F)F)nc3ccc(Cl)cc23)CCCC(NC(=O)c2ccnn2C2CCCC2)C1. The molecule has 2 fully saturated rings. The Kier molecular flexibility index (Phi) is 7.09. The van der Waals surface area contributed by atoms with Gasteiger partial charge in [-0.15, -0.1) is 0 Å². The van der Waals surface area contributed by atoms with Crippen molar-refractivity contribution in [3.05, 3.63) is 52.9 Å². The molecule has 0 spiro atoms. The zero-order valence-corrected chi connectivity index (χ0v) is 21.5. The molecule has 2 aliphatic carbocycles. The van der Waals surface area contributed by atoms with Crippen LogP contribution in [-0.4, -0.2) is 32.3 Å². The first-order chi connectivity index (χ1) is 17.7. The van der Waals surface area contributed by atoms with E-state index >= 15 is 0 Å². The summed E-state index contributed by atoms with van der Waals surface area (Å²) in [7, 11) is 0. The second-order valence-electron chi connectivity index (χ2n) is 10.3. The quantitative estimate of drug-likeness (QED) is 0.353. The van der Waals surface area contributed by atoms with E-state index < -0.39 is 17.4 Å². The van der Waals surface area contributed by atoms with Crippen LogP contribution in [0, 0.1) is 0 Å². The second kappa shape index (κ2) is 10.2. The standard InChI is InChI=1S/C27H31ClF3N5O/c1-2-26(35-22-15-24(27(29,30)31)34-21-10-9-17(28)14-20(21)22)12-5-6-18(16-26)33-25(37)23-11-13-32-36(23)19-7-3-4-8-19/h9-11,13-15,18-19H,2-8,12,16H2,1H3,(H,33,37)(H,34,35). The highest BCUT2D eigenvalue weighted by Crippen LogP contribution is 2.39. The number of pyridine rings is 1. The van der Waals surface area contributed by atoms with Crippen LogP contribution in [0.3, 0.4) is 0 Å². The van der Waals surface area contributed by atoms with Crippen LogP contribution in [0.15, 0.2) is 36.5 Å². The summed E-state index contributed by atoms with van der Waals surface area (Å²) in [6.07, 6.45) is 5.14. The summed E-state index contributed by atoms with van der Waals surface area (Å²) in [5, 5.41) is 12.0. The molecular weight excluding hydrogens is 503 g/mol. The lowest BCUT2D eigenvalue weighted by Crippen LogP contribution is -2.49. The molecule has 0 radical (unpaired) electrons. The summed E-state index contributed by atoms with van der Waals surface area (Å²) in [5.41, 5.74) is -0.280.